The van der Waals surface area contributed by atoms with Crippen molar-refractivity contribution < 1.29 is 22.8 Å². The molecule has 0 bridgehead atoms. The van der Waals surface area contributed by atoms with Gasteiger partial charge in [-0.25, -0.2) is 0 Å². The van der Waals surface area contributed by atoms with Crippen LogP contribution >= 0.6 is 0 Å². The molecule has 0 fully saturated rings. The van der Waals surface area contributed by atoms with E-state index in [1.807, 2.05) is 6.07 Å². The highest BCUT2D eigenvalue weighted by atomic mass is 19.4. The van der Waals surface area contributed by atoms with Crippen LogP contribution < -0.4 is 10.6 Å². The molecule has 2 N–H and O–H groups in total. The van der Waals surface area contributed by atoms with E-state index in [1.165, 1.54) is 12.1 Å². The van der Waals surface area contributed by atoms with Crippen molar-refractivity contribution in [1.82, 2.24) is 0 Å². The standard InChI is InChI=1S/C18H15F3N2O2/c19-18(20,21)13-2-1-3-14(10-13)22-17(25)9-11-4-6-15-12(8-11)5-7-16(24)23-15/h1-4,6,8,10H,5,7,9H2,(H,22,25)(H,23,24). The van der Waals surface area contributed by atoms with Gasteiger partial charge in [0.1, 0.15) is 0 Å². The first-order valence-corrected chi connectivity index (χ1v) is 7.70. The Balaban J connectivity index is 1.68. The van der Waals surface area contributed by atoms with Crippen LogP contribution in [0.5, 0.6) is 0 Å². The predicted molar refractivity (Wildman–Crippen MR) is 87.2 cm³/mol. The summed E-state index contributed by atoms with van der Waals surface area (Å²) in [5, 5.41) is 5.24. The van der Waals surface area contributed by atoms with Gasteiger partial charge in [0.15, 0.2) is 0 Å². The van der Waals surface area contributed by atoms with Gasteiger partial charge < -0.3 is 10.6 Å². The molecule has 130 valence electrons. The highest BCUT2D eigenvalue weighted by molar-refractivity contribution is 5.95. The van der Waals surface area contributed by atoms with Gasteiger partial charge in [-0.1, -0.05) is 18.2 Å². The molecular formula is C18H15F3N2O2. The summed E-state index contributed by atoms with van der Waals surface area (Å²) in [6, 6.07) is 9.80. The SMILES string of the molecule is O=C(Cc1ccc2c(c1)CCC(=O)N2)Nc1cccc(C(F)(F)F)c1. The molecule has 2 aromatic carbocycles. The van der Waals surface area contributed by atoms with Crippen LogP contribution in [0.3, 0.4) is 0 Å². The smallest absolute Gasteiger partial charge is 0.326 e. The summed E-state index contributed by atoms with van der Waals surface area (Å²) >= 11 is 0. The van der Waals surface area contributed by atoms with Crippen LogP contribution in [-0.4, -0.2) is 11.8 Å². The van der Waals surface area contributed by atoms with Crippen LogP contribution in [0, 0.1) is 0 Å². The zero-order valence-electron chi connectivity index (χ0n) is 13.1. The number of carbonyl (C=O) groups excluding carboxylic acids is 2. The Morgan fingerprint density at radius 2 is 1.92 bits per heavy atom. The molecule has 1 aliphatic heterocycles. The highest BCUT2D eigenvalue weighted by Crippen LogP contribution is 2.30. The predicted octanol–water partition coefficient (Wildman–Crippen LogP) is 3.77. The van der Waals surface area contributed by atoms with Crippen LogP contribution in [-0.2, 0) is 28.6 Å². The van der Waals surface area contributed by atoms with E-state index in [2.05, 4.69) is 10.6 Å². The Kier molecular flexibility index (Phi) is 4.48. The number of fused-ring (bicyclic) bond motifs is 1. The van der Waals surface area contributed by atoms with Gasteiger partial charge in [0, 0.05) is 17.8 Å². The van der Waals surface area contributed by atoms with Crippen LogP contribution in [0.15, 0.2) is 42.5 Å². The quantitative estimate of drug-likeness (QED) is 0.887. The Bertz CT molecular complexity index is 831. The summed E-state index contributed by atoms with van der Waals surface area (Å²) in [6.07, 6.45) is -3.42. The number of halogens is 3. The number of hydrogen-bond donors (Lipinski definition) is 2. The molecule has 2 amide bonds. The molecule has 0 saturated carbocycles. The molecule has 0 aliphatic carbocycles. The van der Waals surface area contributed by atoms with Crippen molar-refractivity contribution in [3.63, 3.8) is 0 Å². The Morgan fingerprint density at radius 1 is 1.12 bits per heavy atom. The average Bonchev–Trinajstić information content (AvgIpc) is 2.54. The number of aryl methyl sites for hydroxylation is 1. The Morgan fingerprint density at radius 3 is 2.68 bits per heavy atom. The number of nitrogens with one attached hydrogen (secondary N) is 2. The van der Waals surface area contributed by atoms with E-state index in [0.717, 1.165) is 28.9 Å². The van der Waals surface area contributed by atoms with E-state index < -0.39 is 17.6 Å². The topological polar surface area (TPSA) is 58.2 Å². The lowest BCUT2D eigenvalue weighted by Gasteiger charge is -2.17. The lowest BCUT2D eigenvalue weighted by atomic mass is 9.99. The number of benzene rings is 2. The lowest BCUT2D eigenvalue weighted by molar-refractivity contribution is -0.137. The first-order chi connectivity index (χ1) is 11.8. The first kappa shape index (κ1) is 17.0. The van der Waals surface area contributed by atoms with Gasteiger partial charge >= 0.3 is 6.18 Å². The van der Waals surface area contributed by atoms with E-state index in [9.17, 15) is 22.8 Å². The first-order valence-electron chi connectivity index (χ1n) is 7.70. The van der Waals surface area contributed by atoms with Gasteiger partial charge in [-0.15, -0.1) is 0 Å². The van der Waals surface area contributed by atoms with Crippen LogP contribution in [0.2, 0.25) is 0 Å². The second-order valence-electron chi connectivity index (χ2n) is 5.84. The van der Waals surface area contributed by atoms with Gasteiger partial charge in [0.05, 0.1) is 12.0 Å². The zero-order chi connectivity index (χ0) is 18.0. The molecule has 0 radical (unpaired) electrons. The van der Waals surface area contributed by atoms with Gasteiger partial charge in [-0.3, -0.25) is 9.59 Å². The van der Waals surface area contributed by atoms with Crippen LogP contribution in [0.1, 0.15) is 23.1 Å². The van der Waals surface area contributed by atoms with Crippen molar-refractivity contribution in [3.8, 4) is 0 Å². The van der Waals surface area contributed by atoms with Gasteiger partial charge in [-0.05, 0) is 41.8 Å². The Labute approximate surface area is 142 Å². The van der Waals surface area contributed by atoms with Crippen molar-refractivity contribution in [3.05, 3.63) is 59.2 Å². The van der Waals surface area contributed by atoms with E-state index >= 15 is 0 Å². The van der Waals surface area contributed by atoms with E-state index in [-0.39, 0.29) is 18.0 Å². The fourth-order valence-corrected chi connectivity index (χ4v) is 2.71. The molecular weight excluding hydrogens is 333 g/mol. The molecule has 1 heterocycles. The van der Waals surface area contributed by atoms with E-state index in [0.29, 0.717) is 12.8 Å². The second-order valence-corrected chi connectivity index (χ2v) is 5.84. The number of alkyl halides is 3. The molecule has 7 heteroatoms. The fourth-order valence-electron chi connectivity index (χ4n) is 2.71. The Hall–Kier alpha value is -2.83. The maximum Gasteiger partial charge on any atom is 0.416 e. The van der Waals surface area contributed by atoms with Crippen molar-refractivity contribution in [2.75, 3.05) is 10.6 Å². The normalized spacial score (nSPS) is 13.8. The van der Waals surface area contributed by atoms with Gasteiger partial charge in [0.25, 0.3) is 0 Å². The minimum Gasteiger partial charge on any atom is -0.326 e. The van der Waals surface area contributed by atoms with Gasteiger partial charge in [-0.2, -0.15) is 13.2 Å². The molecule has 0 spiro atoms. The molecule has 0 saturated heterocycles. The van der Waals surface area contributed by atoms with Crippen LogP contribution in [0.4, 0.5) is 24.5 Å². The third kappa shape index (κ3) is 4.17. The monoisotopic (exact) mass is 348 g/mol. The van der Waals surface area contributed by atoms with Crippen molar-refractivity contribution >= 4 is 23.2 Å². The van der Waals surface area contributed by atoms with E-state index in [1.54, 1.807) is 12.1 Å². The number of amides is 2. The molecule has 3 rings (SSSR count). The largest absolute Gasteiger partial charge is 0.416 e. The molecule has 0 unspecified atom stereocenters. The molecule has 2 aromatic rings. The second kappa shape index (κ2) is 6.58. The third-order valence-corrected chi connectivity index (χ3v) is 3.90. The summed E-state index contributed by atoms with van der Waals surface area (Å²) in [4.78, 5) is 23.4. The fraction of sp³-hybridized carbons (Fsp3) is 0.222. The molecule has 25 heavy (non-hydrogen) atoms. The summed E-state index contributed by atoms with van der Waals surface area (Å²) in [7, 11) is 0. The summed E-state index contributed by atoms with van der Waals surface area (Å²) in [6.45, 7) is 0. The summed E-state index contributed by atoms with van der Waals surface area (Å²) in [5.41, 5.74) is 1.71. The number of rotatable bonds is 3. The highest BCUT2D eigenvalue weighted by Gasteiger charge is 2.30. The molecule has 4 nitrogen and oxygen atoms in total. The molecule has 0 atom stereocenters. The van der Waals surface area contributed by atoms with Crippen LogP contribution in [0.25, 0.3) is 0 Å². The molecule has 1 aliphatic rings. The number of hydrogen-bond acceptors (Lipinski definition) is 2. The van der Waals surface area contributed by atoms with Gasteiger partial charge in [0.2, 0.25) is 11.8 Å². The van der Waals surface area contributed by atoms with E-state index in [4.69, 9.17) is 0 Å². The summed E-state index contributed by atoms with van der Waals surface area (Å²) in [5.74, 6) is -0.443. The minimum absolute atomic E-state index is 0.0392. The minimum atomic E-state index is -4.45. The number of carbonyl (C=O) groups is 2. The molecule has 0 aromatic heterocycles. The summed E-state index contributed by atoms with van der Waals surface area (Å²) < 4.78 is 38.1. The van der Waals surface area contributed by atoms with Crippen molar-refractivity contribution in [2.45, 2.75) is 25.4 Å². The number of anilines is 2. The zero-order valence-corrected chi connectivity index (χ0v) is 13.1. The van der Waals surface area contributed by atoms with Crippen molar-refractivity contribution in [1.29, 1.82) is 0 Å². The average molecular weight is 348 g/mol. The maximum atomic E-state index is 12.7. The maximum absolute atomic E-state index is 12.7. The lowest BCUT2D eigenvalue weighted by Crippen LogP contribution is -2.19. The van der Waals surface area contributed by atoms with Crippen molar-refractivity contribution in [2.24, 2.45) is 0 Å². The third-order valence-electron chi connectivity index (χ3n) is 3.90.